The third-order valence-corrected chi connectivity index (χ3v) is 4.11. The number of hydrogen-bond donors (Lipinski definition) is 0. The summed E-state index contributed by atoms with van der Waals surface area (Å²) in [5.41, 5.74) is 1.17. The second kappa shape index (κ2) is 8.27. The zero-order valence-electron chi connectivity index (χ0n) is 13.0. The smallest absolute Gasteiger partial charge is 0.253 e. The lowest BCUT2D eigenvalue weighted by molar-refractivity contribution is -0.108. The molecule has 0 spiro atoms. The molecule has 0 N–H and O–H groups in total. The number of aldehydes is 1. The lowest BCUT2D eigenvalue weighted by Gasteiger charge is -2.23. The van der Waals surface area contributed by atoms with Crippen LogP contribution in [0.5, 0.6) is 0 Å². The Hall–Kier alpha value is -1.91. The highest BCUT2D eigenvalue weighted by molar-refractivity contribution is 6.35. The number of hydrogen-bond acceptors (Lipinski definition) is 2. The molecule has 0 saturated heterocycles. The minimum Gasteiger partial charge on any atom is -0.341 e. The Morgan fingerprint density at radius 1 is 1.17 bits per heavy atom. The van der Waals surface area contributed by atoms with Crippen molar-refractivity contribution in [2.45, 2.75) is 12.3 Å². The van der Waals surface area contributed by atoms with Crippen molar-refractivity contribution in [1.29, 1.82) is 0 Å². The van der Waals surface area contributed by atoms with Gasteiger partial charge in [0.25, 0.3) is 5.91 Å². The van der Waals surface area contributed by atoms with E-state index >= 15 is 0 Å². The Bertz CT molecular complexity index is 714. The third kappa shape index (κ3) is 4.79. The fraction of sp³-hybridized carbons (Fsp3) is 0.222. The molecule has 6 heteroatoms. The van der Waals surface area contributed by atoms with Crippen LogP contribution >= 0.6 is 23.2 Å². The van der Waals surface area contributed by atoms with E-state index in [1.54, 1.807) is 37.4 Å². The maximum Gasteiger partial charge on any atom is 0.253 e. The summed E-state index contributed by atoms with van der Waals surface area (Å²) in [5, 5.41) is 0.754. The molecule has 1 amide bonds. The molecule has 2 rings (SSSR count). The van der Waals surface area contributed by atoms with Crippen molar-refractivity contribution in [3.63, 3.8) is 0 Å². The van der Waals surface area contributed by atoms with Crippen LogP contribution in [0, 0.1) is 5.82 Å². The van der Waals surface area contributed by atoms with Gasteiger partial charge in [-0.3, -0.25) is 4.79 Å². The Kier molecular flexibility index (Phi) is 6.35. The Morgan fingerprint density at radius 3 is 2.29 bits per heavy atom. The van der Waals surface area contributed by atoms with Gasteiger partial charge in [0.05, 0.1) is 0 Å². The lowest BCUT2D eigenvalue weighted by Crippen LogP contribution is -2.31. The van der Waals surface area contributed by atoms with E-state index in [0.717, 1.165) is 11.8 Å². The molecule has 0 aliphatic heterocycles. The van der Waals surface area contributed by atoms with Crippen LogP contribution in [0.1, 0.15) is 28.3 Å². The van der Waals surface area contributed by atoms with E-state index in [0.29, 0.717) is 22.2 Å². The first-order valence-electron chi connectivity index (χ1n) is 7.31. The summed E-state index contributed by atoms with van der Waals surface area (Å²) in [5.74, 6) is -0.814. The predicted octanol–water partition coefficient (Wildman–Crippen LogP) is 4.58. The van der Waals surface area contributed by atoms with Gasteiger partial charge in [0.2, 0.25) is 0 Å². The third-order valence-electron chi connectivity index (χ3n) is 3.67. The molecule has 0 saturated carbocycles. The van der Waals surface area contributed by atoms with Gasteiger partial charge in [0.1, 0.15) is 12.1 Å². The summed E-state index contributed by atoms with van der Waals surface area (Å²) in [6.45, 7) is 0.313. The van der Waals surface area contributed by atoms with Gasteiger partial charge in [-0.1, -0.05) is 35.3 Å². The number of amides is 1. The molecule has 0 aromatic heterocycles. The summed E-state index contributed by atoms with van der Waals surface area (Å²) in [4.78, 5) is 25.0. The normalized spacial score (nSPS) is 11.8. The number of halogens is 3. The maximum absolute atomic E-state index is 13.1. The van der Waals surface area contributed by atoms with Crippen molar-refractivity contribution < 1.29 is 14.0 Å². The molecule has 2 aromatic carbocycles. The van der Waals surface area contributed by atoms with Crippen molar-refractivity contribution in [2.24, 2.45) is 0 Å². The summed E-state index contributed by atoms with van der Waals surface area (Å²) in [6.07, 6.45) is 1.03. The Morgan fingerprint density at radius 2 is 1.75 bits per heavy atom. The molecular formula is C18H16Cl2FNO2. The largest absolute Gasteiger partial charge is 0.341 e. The van der Waals surface area contributed by atoms with E-state index < -0.39 is 0 Å². The van der Waals surface area contributed by atoms with Crippen molar-refractivity contribution in [1.82, 2.24) is 4.90 Å². The number of rotatable bonds is 6. The van der Waals surface area contributed by atoms with E-state index in [2.05, 4.69) is 0 Å². The van der Waals surface area contributed by atoms with Crippen LogP contribution in [0.4, 0.5) is 4.39 Å². The SMILES string of the molecule is CN(C[C@@H](CC=O)c1ccc(F)cc1)C(=O)c1cc(Cl)cc(Cl)c1. The average molecular weight is 368 g/mol. The number of carbonyl (C=O) groups excluding carboxylic acids is 2. The van der Waals surface area contributed by atoms with E-state index in [1.807, 2.05) is 0 Å². The van der Waals surface area contributed by atoms with E-state index in [9.17, 15) is 14.0 Å². The Labute approximate surface area is 150 Å². The number of carbonyl (C=O) groups is 2. The van der Waals surface area contributed by atoms with Gasteiger partial charge in [-0.2, -0.15) is 0 Å². The molecule has 0 aliphatic rings. The summed E-state index contributed by atoms with van der Waals surface area (Å²) >= 11 is 11.9. The molecule has 0 aliphatic carbocycles. The quantitative estimate of drug-likeness (QED) is 0.700. The molecule has 24 heavy (non-hydrogen) atoms. The molecule has 0 bridgehead atoms. The monoisotopic (exact) mass is 367 g/mol. The highest BCUT2D eigenvalue weighted by atomic mass is 35.5. The Balaban J connectivity index is 2.17. The van der Waals surface area contributed by atoms with Crippen LogP contribution in [0.25, 0.3) is 0 Å². The fourth-order valence-electron chi connectivity index (χ4n) is 2.48. The summed E-state index contributed by atoms with van der Waals surface area (Å²) in [7, 11) is 1.64. The first-order valence-corrected chi connectivity index (χ1v) is 8.07. The van der Waals surface area contributed by atoms with Crippen molar-refractivity contribution >= 4 is 35.4 Å². The average Bonchev–Trinajstić information content (AvgIpc) is 2.53. The summed E-state index contributed by atoms with van der Waals surface area (Å²) in [6, 6.07) is 10.6. The first-order chi connectivity index (χ1) is 11.4. The lowest BCUT2D eigenvalue weighted by atomic mass is 9.95. The minimum absolute atomic E-state index is 0.216. The van der Waals surface area contributed by atoms with Gasteiger partial charge < -0.3 is 9.69 Å². The van der Waals surface area contributed by atoms with Crippen LogP contribution in [-0.4, -0.2) is 30.7 Å². The zero-order chi connectivity index (χ0) is 17.7. The van der Waals surface area contributed by atoms with Crippen molar-refractivity contribution in [3.8, 4) is 0 Å². The highest BCUT2D eigenvalue weighted by Gasteiger charge is 2.19. The molecule has 0 heterocycles. The first kappa shape index (κ1) is 18.4. The summed E-state index contributed by atoms with van der Waals surface area (Å²) < 4.78 is 13.1. The van der Waals surface area contributed by atoms with Gasteiger partial charge in [-0.05, 0) is 35.9 Å². The molecule has 1 atom stereocenters. The van der Waals surface area contributed by atoms with Crippen LogP contribution in [-0.2, 0) is 4.79 Å². The standard InChI is InChI=1S/C18H16Cl2FNO2/c1-22(18(24)14-8-15(19)10-16(20)9-14)11-13(6-7-23)12-2-4-17(21)5-3-12/h2-5,7-10,13H,6,11H2,1H3/t13-/m1/s1. The van der Waals surface area contributed by atoms with Crippen molar-refractivity contribution in [2.75, 3.05) is 13.6 Å². The molecule has 3 nitrogen and oxygen atoms in total. The molecule has 126 valence electrons. The number of benzene rings is 2. The molecular weight excluding hydrogens is 352 g/mol. The van der Waals surface area contributed by atoms with Crippen LogP contribution < -0.4 is 0 Å². The maximum atomic E-state index is 13.1. The minimum atomic E-state index is -0.346. The van der Waals surface area contributed by atoms with E-state index in [4.69, 9.17) is 23.2 Å². The molecule has 0 fully saturated rings. The highest BCUT2D eigenvalue weighted by Crippen LogP contribution is 2.23. The van der Waals surface area contributed by atoms with Gasteiger partial charge in [0, 0.05) is 41.5 Å². The van der Waals surface area contributed by atoms with Gasteiger partial charge >= 0.3 is 0 Å². The van der Waals surface area contributed by atoms with Crippen LogP contribution in [0.2, 0.25) is 10.0 Å². The second-order valence-corrected chi connectivity index (χ2v) is 6.37. The van der Waals surface area contributed by atoms with Crippen LogP contribution in [0.3, 0.4) is 0 Å². The number of likely N-dealkylation sites (N-methyl/N-ethyl adjacent to an activating group) is 1. The van der Waals surface area contributed by atoms with Gasteiger partial charge in [0.15, 0.2) is 0 Å². The zero-order valence-corrected chi connectivity index (χ0v) is 14.5. The second-order valence-electron chi connectivity index (χ2n) is 5.49. The van der Waals surface area contributed by atoms with Crippen LogP contribution in [0.15, 0.2) is 42.5 Å². The van der Waals surface area contributed by atoms with E-state index in [-0.39, 0.29) is 24.1 Å². The number of nitrogens with zero attached hydrogens (tertiary/aromatic N) is 1. The molecule has 2 aromatic rings. The van der Waals surface area contributed by atoms with Crippen molar-refractivity contribution in [3.05, 3.63) is 69.5 Å². The molecule has 0 unspecified atom stereocenters. The van der Waals surface area contributed by atoms with Gasteiger partial charge in [-0.15, -0.1) is 0 Å². The predicted molar refractivity (Wildman–Crippen MR) is 93.2 cm³/mol. The van der Waals surface area contributed by atoms with Gasteiger partial charge in [-0.25, -0.2) is 4.39 Å². The molecule has 0 radical (unpaired) electrons. The fourth-order valence-corrected chi connectivity index (χ4v) is 3.00. The van der Waals surface area contributed by atoms with E-state index in [1.165, 1.54) is 17.0 Å². The topological polar surface area (TPSA) is 37.4 Å².